The van der Waals surface area contributed by atoms with Gasteiger partial charge in [-0.25, -0.2) is 9.97 Å². The maximum absolute atomic E-state index is 5.37. The highest BCUT2D eigenvalue weighted by atomic mass is 16.5. The molecule has 2 unspecified atom stereocenters. The van der Waals surface area contributed by atoms with Crippen molar-refractivity contribution < 1.29 is 4.74 Å². The zero-order valence-corrected chi connectivity index (χ0v) is 16.2. The van der Waals surface area contributed by atoms with Gasteiger partial charge in [0.1, 0.15) is 23.5 Å². The van der Waals surface area contributed by atoms with Crippen LogP contribution in [0, 0.1) is 5.92 Å². The van der Waals surface area contributed by atoms with Gasteiger partial charge in [0.25, 0.3) is 0 Å². The Kier molecular flexibility index (Phi) is 4.99. The van der Waals surface area contributed by atoms with E-state index in [1.807, 2.05) is 12.3 Å². The van der Waals surface area contributed by atoms with Gasteiger partial charge in [-0.3, -0.25) is 4.90 Å². The number of H-pyrrole nitrogens is 1. The fourth-order valence-electron chi connectivity index (χ4n) is 4.09. The second kappa shape index (κ2) is 7.56. The van der Waals surface area contributed by atoms with Crippen molar-refractivity contribution in [1.29, 1.82) is 0 Å². The molecular weight excluding hydrogens is 338 g/mol. The molecule has 2 aromatic heterocycles. The Morgan fingerprint density at radius 1 is 1.30 bits per heavy atom. The molecule has 0 radical (unpaired) electrons. The van der Waals surface area contributed by atoms with Gasteiger partial charge >= 0.3 is 0 Å². The summed E-state index contributed by atoms with van der Waals surface area (Å²) in [5.41, 5.74) is 2.18. The first-order valence-corrected chi connectivity index (χ1v) is 9.52. The Hall–Kier alpha value is -2.60. The van der Waals surface area contributed by atoms with E-state index in [9.17, 15) is 0 Å². The van der Waals surface area contributed by atoms with E-state index < -0.39 is 0 Å². The van der Waals surface area contributed by atoms with Crippen LogP contribution in [-0.2, 0) is 6.54 Å². The minimum Gasteiger partial charge on any atom is -0.497 e. The van der Waals surface area contributed by atoms with E-state index in [1.165, 1.54) is 12.0 Å². The second-order valence-corrected chi connectivity index (χ2v) is 7.47. The molecule has 3 aromatic rings. The normalized spacial score (nSPS) is 20.7. The fourth-order valence-corrected chi connectivity index (χ4v) is 4.09. The SMILES string of the molecule is COc1cccc(CN2CCC(C)C(N(C)c3ncnc4[nH]ccc34)C2)c1. The predicted molar refractivity (Wildman–Crippen MR) is 108 cm³/mol. The van der Waals surface area contributed by atoms with E-state index in [2.05, 4.69) is 63.0 Å². The largest absolute Gasteiger partial charge is 0.497 e. The van der Waals surface area contributed by atoms with Crippen molar-refractivity contribution in [2.45, 2.75) is 25.9 Å². The molecule has 27 heavy (non-hydrogen) atoms. The number of hydrogen-bond donors (Lipinski definition) is 1. The van der Waals surface area contributed by atoms with Crippen LogP contribution in [0.2, 0.25) is 0 Å². The van der Waals surface area contributed by atoms with Crippen molar-refractivity contribution in [2.24, 2.45) is 5.92 Å². The summed E-state index contributed by atoms with van der Waals surface area (Å²) in [6.45, 7) is 5.42. The van der Waals surface area contributed by atoms with Crippen molar-refractivity contribution in [2.75, 3.05) is 32.1 Å². The number of piperidine rings is 1. The second-order valence-electron chi connectivity index (χ2n) is 7.47. The van der Waals surface area contributed by atoms with Crippen LogP contribution in [0.4, 0.5) is 5.82 Å². The highest BCUT2D eigenvalue weighted by Gasteiger charge is 2.30. The Bertz CT molecular complexity index is 908. The smallest absolute Gasteiger partial charge is 0.142 e. The third-order valence-corrected chi connectivity index (χ3v) is 5.71. The number of nitrogens with one attached hydrogen (secondary N) is 1. The lowest BCUT2D eigenvalue weighted by Crippen LogP contribution is -2.50. The van der Waals surface area contributed by atoms with Gasteiger partial charge in [-0.15, -0.1) is 0 Å². The van der Waals surface area contributed by atoms with Crippen molar-refractivity contribution >= 4 is 16.9 Å². The first-order valence-electron chi connectivity index (χ1n) is 9.52. The zero-order chi connectivity index (χ0) is 18.8. The summed E-state index contributed by atoms with van der Waals surface area (Å²) in [5, 5.41) is 1.08. The van der Waals surface area contributed by atoms with E-state index in [1.54, 1.807) is 13.4 Å². The summed E-state index contributed by atoms with van der Waals surface area (Å²) in [5.74, 6) is 2.53. The molecule has 1 fully saturated rings. The summed E-state index contributed by atoms with van der Waals surface area (Å²) in [4.78, 5) is 16.9. The molecule has 1 aromatic carbocycles. The van der Waals surface area contributed by atoms with Crippen molar-refractivity contribution in [3.05, 3.63) is 48.4 Å². The number of fused-ring (bicyclic) bond motifs is 1. The van der Waals surface area contributed by atoms with E-state index in [0.29, 0.717) is 12.0 Å². The molecule has 0 spiro atoms. The first-order chi connectivity index (χ1) is 13.2. The fraction of sp³-hybridized carbons (Fsp3) is 0.429. The topological polar surface area (TPSA) is 57.3 Å². The molecule has 0 bridgehead atoms. The minimum atomic E-state index is 0.414. The van der Waals surface area contributed by atoms with Crippen LogP contribution in [0.1, 0.15) is 18.9 Å². The number of aromatic amines is 1. The van der Waals surface area contributed by atoms with Gasteiger partial charge < -0.3 is 14.6 Å². The van der Waals surface area contributed by atoms with E-state index in [0.717, 1.165) is 42.2 Å². The number of benzene rings is 1. The van der Waals surface area contributed by atoms with Crippen LogP contribution in [-0.4, -0.2) is 53.1 Å². The number of likely N-dealkylation sites (N-methyl/N-ethyl adjacent to an activating group) is 1. The molecule has 3 heterocycles. The van der Waals surface area contributed by atoms with Gasteiger partial charge in [0.05, 0.1) is 12.5 Å². The number of ether oxygens (including phenoxy) is 1. The van der Waals surface area contributed by atoms with E-state index in [-0.39, 0.29) is 0 Å². The van der Waals surface area contributed by atoms with Crippen LogP contribution < -0.4 is 9.64 Å². The summed E-state index contributed by atoms with van der Waals surface area (Å²) in [7, 11) is 3.88. The van der Waals surface area contributed by atoms with Crippen LogP contribution in [0.25, 0.3) is 11.0 Å². The molecule has 1 aliphatic rings. The van der Waals surface area contributed by atoms with Gasteiger partial charge in [0, 0.05) is 32.4 Å². The number of aromatic nitrogens is 3. The van der Waals surface area contributed by atoms with E-state index >= 15 is 0 Å². The number of nitrogens with zero attached hydrogens (tertiary/aromatic N) is 4. The molecule has 0 aliphatic carbocycles. The molecule has 142 valence electrons. The maximum atomic E-state index is 5.37. The van der Waals surface area contributed by atoms with Gasteiger partial charge in [0.2, 0.25) is 0 Å². The Balaban J connectivity index is 1.52. The van der Waals surface area contributed by atoms with E-state index in [4.69, 9.17) is 4.74 Å². The standard InChI is InChI=1S/C21H27N5O/c1-15-8-10-26(12-16-5-4-6-17(11-16)27-3)13-19(15)25(2)21-18-7-9-22-20(18)23-14-24-21/h4-7,9,11,14-15,19H,8,10,12-13H2,1-3H3,(H,22,23,24). The summed E-state index contributed by atoms with van der Waals surface area (Å²) < 4.78 is 5.37. The van der Waals surface area contributed by atoms with Crippen molar-refractivity contribution in [1.82, 2.24) is 19.9 Å². The molecule has 0 saturated carbocycles. The lowest BCUT2D eigenvalue weighted by molar-refractivity contribution is 0.159. The number of hydrogen-bond acceptors (Lipinski definition) is 5. The third-order valence-electron chi connectivity index (χ3n) is 5.71. The molecule has 6 nitrogen and oxygen atoms in total. The Morgan fingerprint density at radius 2 is 2.19 bits per heavy atom. The minimum absolute atomic E-state index is 0.414. The average molecular weight is 365 g/mol. The Labute approximate surface area is 160 Å². The monoisotopic (exact) mass is 365 g/mol. The molecule has 4 rings (SSSR count). The number of rotatable bonds is 5. The van der Waals surface area contributed by atoms with Crippen LogP contribution in [0.3, 0.4) is 0 Å². The van der Waals surface area contributed by atoms with Gasteiger partial charge in [-0.2, -0.15) is 0 Å². The highest BCUT2D eigenvalue weighted by Crippen LogP contribution is 2.29. The maximum Gasteiger partial charge on any atom is 0.142 e. The zero-order valence-electron chi connectivity index (χ0n) is 16.2. The molecular formula is C21H27N5O. The quantitative estimate of drug-likeness (QED) is 0.752. The van der Waals surface area contributed by atoms with Crippen LogP contribution in [0.5, 0.6) is 5.75 Å². The lowest BCUT2D eigenvalue weighted by Gasteiger charge is -2.42. The van der Waals surface area contributed by atoms with Crippen LogP contribution >= 0.6 is 0 Å². The number of methoxy groups -OCH3 is 1. The Morgan fingerprint density at radius 3 is 3.04 bits per heavy atom. The highest BCUT2D eigenvalue weighted by molar-refractivity contribution is 5.87. The first kappa shape index (κ1) is 17.8. The average Bonchev–Trinajstić information content (AvgIpc) is 3.18. The van der Waals surface area contributed by atoms with Crippen molar-refractivity contribution in [3.8, 4) is 5.75 Å². The molecule has 1 N–H and O–H groups in total. The molecule has 6 heteroatoms. The van der Waals surface area contributed by atoms with Crippen LogP contribution in [0.15, 0.2) is 42.9 Å². The molecule has 1 aliphatic heterocycles. The van der Waals surface area contributed by atoms with Gasteiger partial charge in [-0.05, 0) is 42.6 Å². The molecule has 2 atom stereocenters. The molecule has 0 amide bonds. The number of likely N-dealkylation sites (tertiary alicyclic amines) is 1. The molecule has 1 saturated heterocycles. The lowest BCUT2D eigenvalue weighted by atomic mass is 9.92. The van der Waals surface area contributed by atoms with Crippen molar-refractivity contribution in [3.63, 3.8) is 0 Å². The number of anilines is 1. The summed E-state index contributed by atoms with van der Waals surface area (Å²) in [6, 6.07) is 10.8. The third kappa shape index (κ3) is 3.62. The van der Waals surface area contributed by atoms with Gasteiger partial charge in [-0.1, -0.05) is 19.1 Å². The predicted octanol–water partition coefficient (Wildman–Crippen LogP) is 3.31. The summed E-state index contributed by atoms with van der Waals surface area (Å²) in [6.07, 6.45) is 4.75. The summed E-state index contributed by atoms with van der Waals surface area (Å²) >= 11 is 0. The van der Waals surface area contributed by atoms with Gasteiger partial charge in [0.15, 0.2) is 0 Å².